The van der Waals surface area contributed by atoms with Crippen LogP contribution in [-0.2, 0) is 20.8 Å². The topological polar surface area (TPSA) is 120 Å². The zero-order chi connectivity index (χ0) is 24.0. The van der Waals surface area contributed by atoms with Gasteiger partial charge < -0.3 is 30.2 Å². The molecule has 1 aromatic heterocycles. The van der Waals surface area contributed by atoms with Gasteiger partial charge in [0, 0.05) is 11.4 Å². The first-order chi connectivity index (χ1) is 15.1. The SMILES string of the molecule is CCCCN(Cc1cccs1)C(=O)OC[C@H](CCCCOC(N)=O)NC(=O)OC(C)(C)C. The average molecular weight is 472 g/mol. The fourth-order valence-electron chi connectivity index (χ4n) is 2.77. The molecule has 1 heterocycles. The van der Waals surface area contributed by atoms with Crippen molar-refractivity contribution < 1.29 is 28.6 Å². The number of nitrogens with one attached hydrogen (secondary N) is 1. The van der Waals surface area contributed by atoms with Gasteiger partial charge in [-0.3, -0.25) is 0 Å². The van der Waals surface area contributed by atoms with Crippen LogP contribution in [0.25, 0.3) is 0 Å². The smallest absolute Gasteiger partial charge is 0.410 e. The average Bonchev–Trinajstić information content (AvgIpc) is 3.20. The van der Waals surface area contributed by atoms with E-state index in [2.05, 4.69) is 12.2 Å². The van der Waals surface area contributed by atoms with Crippen molar-refractivity contribution >= 4 is 29.6 Å². The van der Waals surface area contributed by atoms with Crippen LogP contribution in [0, 0.1) is 0 Å². The van der Waals surface area contributed by atoms with Crippen LogP contribution in [0.2, 0.25) is 0 Å². The van der Waals surface area contributed by atoms with Crippen LogP contribution in [0.4, 0.5) is 14.4 Å². The van der Waals surface area contributed by atoms with Gasteiger partial charge in [0.2, 0.25) is 0 Å². The van der Waals surface area contributed by atoms with E-state index < -0.39 is 29.9 Å². The fraction of sp³-hybridized carbons (Fsp3) is 0.682. The molecule has 0 saturated carbocycles. The van der Waals surface area contributed by atoms with E-state index in [9.17, 15) is 14.4 Å². The number of alkyl carbamates (subject to hydrolysis) is 1. The van der Waals surface area contributed by atoms with Crippen molar-refractivity contribution in [1.29, 1.82) is 0 Å². The van der Waals surface area contributed by atoms with Gasteiger partial charge in [-0.2, -0.15) is 0 Å². The lowest BCUT2D eigenvalue weighted by Crippen LogP contribution is -2.43. The Morgan fingerprint density at radius 2 is 1.94 bits per heavy atom. The van der Waals surface area contributed by atoms with Gasteiger partial charge >= 0.3 is 18.3 Å². The fourth-order valence-corrected chi connectivity index (χ4v) is 3.49. The van der Waals surface area contributed by atoms with E-state index in [-0.39, 0.29) is 13.2 Å². The minimum Gasteiger partial charge on any atom is -0.450 e. The second-order valence-corrected chi connectivity index (χ2v) is 9.47. The number of primary amides is 1. The molecule has 0 fully saturated rings. The maximum absolute atomic E-state index is 12.7. The van der Waals surface area contributed by atoms with E-state index in [4.69, 9.17) is 19.9 Å². The van der Waals surface area contributed by atoms with Crippen LogP contribution in [0.5, 0.6) is 0 Å². The molecule has 1 atom stereocenters. The summed E-state index contributed by atoms with van der Waals surface area (Å²) in [6.45, 7) is 8.70. The predicted molar refractivity (Wildman–Crippen MR) is 124 cm³/mol. The third-order valence-electron chi connectivity index (χ3n) is 4.29. The number of nitrogens with two attached hydrogens (primary N) is 1. The second-order valence-electron chi connectivity index (χ2n) is 8.44. The number of nitrogens with zero attached hydrogens (tertiary/aromatic N) is 1. The molecule has 0 aliphatic heterocycles. The van der Waals surface area contributed by atoms with Gasteiger partial charge in [0.15, 0.2) is 0 Å². The summed E-state index contributed by atoms with van der Waals surface area (Å²) in [7, 11) is 0. The summed E-state index contributed by atoms with van der Waals surface area (Å²) >= 11 is 1.59. The Hall–Kier alpha value is -2.49. The minimum absolute atomic E-state index is 0.0157. The summed E-state index contributed by atoms with van der Waals surface area (Å²) in [5, 5.41) is 4.74. The first-order valence-electron chi connectivity index (χ1n) is 11.0. The molecule has 0 saturated heterocycles. The number of hydrogen-bond donors (Lipinski definition) is 2. The maximum atomic E-state index is 12.7. The van der Waals surface area contributed by atoms with Gasteiger partial charge in [0.25, 0.3) is 0 Å². The third-order valence-corrected chi connectivity index (χ3v) is 5.15. The summed E-state index contributed by atoms with van der Waals surface area (Å²) in [6.07, 6.45) is 1.76. The molecule has 10 heteroatoms. The highest BCUT2D eigenvalue weighted by Gasteiger charge is 2.22. The van der Waals surface area contributed by atoms with Crippen molar-refractivity contribution in [3.05, 3.63) is 22.4 Å². The molecule has 32 heavy (non-hydrogen) atoms. The Morgan fingerprint density at radius 3 is 2.53 bits per heavy atom. The van der Waals surface area contributed by atoms with Crippen molar-refractivity contribution in [1.82, 2.24) is 10.2 Å². The molecule has 0 bridgehead atoms. The van der Waals surface area contributed by atoms with Crippen molar-refractivity contribution in [2.75, 3.05) is 19.8 Å². The van der Waals surface area contributed by atoms with Gasteiger partial charge in [-0.15, -0.1) is 11.3 Å². The second kappa shape index (κ2) is 14.5. The molecular weight excluding hydrogens is 434 g/mol. The largest absolute Gasteiger partial charge is 0.450 e. The van der Waals surface area contributed by atoms with Crippen molar-refractivity contribution in [3.8, 4) is 0 Å². The van der Waals surface area contributed by atoms with Gasteiger partial charge in [0.05, 0.1) is 19.2 Å². The minimum atomic E-state index is -0.819. The Balaban J connectivity index is 2.65. The standard InChI is InChI=1S/C22H37N3O6S/c1-5-6-12-25(15-18-11-9-14-32-18)21(28)30-16-17(10-7-8-13-29-19(23)26)24-20(27)31-22(2,3)4/h9,11,14,17H,5-8,10,12-13,15-16H2,1-4H3,(H2,23,26)(H,24,27)/t17-/m0/s1. The Kier molecular flexibility index (Phi) is 12.5. The molecule has 1 aromatic rings. The van der Waals surface area contributed by atoms with E-state index in [0.717, 1.165) is 17.7 Å². The third kappa shape index (κ3) is 13.0. The van der Waals surface area contributed by atoms with E-state index in [1.54, 1.807) is 37.0 Å². The summed E-state index contributed by atoms with van der Waals surface area (Å²) in [5.41, 5.74) is 4.31. The van der Waals surface area contributed by atoms with Crippen molar-refractivity contribution in [3.63, 3.8) is 0 Å². The first-order valence-corrected chi connectivity index (χ1v) is 11.8. The molecule has 9 nitrogen and oxygen atoms in total. The first kappa shape index (κ1) is 27.5. The number of thiophene rings is 1. The molecule has 0 spiro atoms. The number of amides is 3. The number of ether oxygens (including phenoxy) is 3. The van der Waals surface area contributed by atoms with E-state index in [0.29, 0.717) is 32.4 Å². The highest BCUT2D eigenvalue weighted by molar-refractivity contribution is 7.09. The lowest BCUT2D eigenvalue weighted by molar-refractivity contribution is 0.0443. The van der Waals surface area contributed by atoms with Crippen LogP contribution in [0.1, 0.15) is 64.7 Å². The van der Waals surface area contributed by atoms with Crippen molar-refractivity contribution in [2.24, 2.45) is 5.73 Å². The molecule has 0 aliphatic rings. The number of carbonyl (C=O) groups is 3. The molecule has 0 aromatic carbocycles. The Morgan fingerprint density at radius 1 is 1.19 bits per heavy atom. The van der Waals surface area contributed by atoms with Gasteiger partial charge in [0.1, 0.15) is 12.2 Å². The van der Waals surface area contributed by atoms with Crippen LogP contribution in [0.15, 0.2) is 17.5 Å². The summed E-state index contributed by atoms with van der Waals surface area (Å²) in [4.78, 5) is 38.4. The van der Waals surface area contributed by atoms with Crippen LogP contribution in [-0.4, -0.2) is 54.6 Å². The van der Waals surface area contributed by atoms with Crippen molar-refractivity contribution in [2.45, 2.75) is 78.0 Å². The number of unbranched alkanes of at least 4 members (excludes halogenated alkanes) is 2. The molecule has 182 valence electrons. The van der Waals surface area contributed by atoms with E-state index >= 15 is 0 Å². The predicted octanol–water partition coefficient (Wildman–Crippen LogP) is 4.65. The quantitative estimate of drug-likeness (QED) is 0.319. The zero-order valence-electron chi connectivity index (χ0n) is 19.6. The molecule has 0 aliphatic carbocycles. The molecule has 3 amide bonds. The molecular formula is C22H37N3O6S. The molecule has 3 N–H and O–H groups in total. The molecule has 1 rings (SSSR count). The van der Waals surface area contributed by atoms with E-state index in [1.165, 1.54) is 0 Å². The molecule has 0 unspecified atom stereocenters. The summed E-state index contributed by atoms with van der Waals surface area (Å²) < 4.78 is 15.6. The number of rotatable bonds is 13. The number of hydrogen-bond acceptors (Lipinski definition) is 7. The van der Waals surface area contributed by atoms with Crippen LogP contribution in [0.3, 0.4) is 0 Å². The maximum Gasteiger partial charge on any atom is 0.410 e. The van der Waals surface area contributed by atoms with Gasteiger partial charge in [-0.25, -0.2) is 14.4 Å². The Labute approximate surface area is 194 Å². The summed E-state index contributed by atoms with van der Waals surface area (Å²) in [5.74, 6) is 0. The Bertz CT molecular complexity index is 690. The molecule has 0 radical (unpaired) electrons. The normalized spacial score (nSPS) is 12.0. The summed E-state index contributed by atoms with van der Waals surface area (Å²) in [6, 6.07) is 3.50. The lowest BCUT2D eigenvalue weighted by atomic mass is 10.1. The van der Waals surface area contributed by atoms with Gasteiger partial charge in [-0.05, 0) is 57.9 Å². The lowest BCUT2D eigenvalue weighted by Gasteiger charge is -2.25. The highest BCUT2D eigenvalue weighted by Crippen LogP contribution is 2.14. The van der Waals surface area contributed by atoms with E-state index in [1.807, 2.05) is 17.5 Å². The highest BCUT2D eigenvalue weighted by atomic mass is 32.1. The monoisotopic (exact) mass is 471 g/mol. The zero-order valence-corrected chi connectivity index (χ0v) is 20.4. The number of carbonyl (C=O) groups excluding carboxylic acids is 3. The van der Waals surface area contributed by atoms with Crippen LogP contribution < -0.4 is 11.1 Å². The van der Waals surface area contributed by atoms with Gasteiger partial charge in [-0.1, -0.05) is 19.4 Å². The van der Waals surface area contributed by atoms with Crippen LogP contribution >= 0.6 is 11.3 Å².